The maximum Gasteiger partial charge on any atom is 0.306 e. The Hall–Kier alpha value is -3.41. The van der Waals surface area contributed by atoms with Crippen molar-refractivity contribution in [3.8, 4) is 0 Å². The largest absolute Gasteiger partial charge is 0.462 e. The predicted octanol–water partition coefficient (Wildman–Crippen LogP) is 17.2. The zero-order valence-electron chi connectivity index (χ0n) is 41.1. The summed E-state index contributed by atoms with van der Waals surface area (Å²) in [6.45, 7) is 6.42. The van der Waals surface area contributed by atoms with E-state index in [9.17, 15) is 14.4 Å². The predicted molar refractivity (Wildman–Crippen MR) is 270 cm³/mol. The maximum atomic E-state index is 12.8. The first kappa shape index (κ1) is 59.6. The molecular formula is C57H96O6. The molecule has 360 valence electrons. The maximum absolute atomic E-state index is 12.8. The van der Waals surface area contributed by atoms with Crippen LogP contribution in [-0.2, 0) is 28.6 Å². The molecule has 0 aromatic rings. The summed E-state index contributed by atoms with van der Waals surface area (Å²) < 4.78 is 16.8. The summed E-state index contributed by atoms with van der Waals surface area (Å²) in [5, 5.41) is 0. The summed E-state index contributed by atoms with van der Waals surface area (Å²) in [6.07, 6.45) is 65.6. The quantitative estimate of drug-likeness (QED) is 0.0199. The van der Waals surface area contributed by atoms with Gasteiger partial charge in [0.1, 0.15) is 13.2 Å². The third-order valence-electron chi connectivity index (χ3n) is 11.0. The number of esters is 3. The Labute approximate surface area is 388 Å². The van der Waals surface area contributed by atoms with Gasteiger partial charge in [-0.15, -0.1) is 0 Å². The van der Waals surface area contributed by atoms with Gasteiger partial charge in [0.05, 0.1) is 0 Å². The first-order valence-corrected chi connectivity index (χ1v) is 26.2. The van der Waals surface area contributed by atoms with Crippen molar-refractivity contribution in [3.05, 3.63) is 85.1 Å². The Balaban J connectivity index is 4.45. The van der Waals surface area contributed by atoms with Crippen LogP contribution < -0.4 is 0 Å². The molecule has 0 N–H and O–H groups in total. The molecule has 0 radical (unpaired) electrons. The lowest BCUT2D eigenvalue weighted by Gasteiger charge is -2.18. The summed E-state index contributed by atoms with van der Waals surface area (Å²) in [5.74, 6) is -0.946. The average Bonchev–Trinajstić information content (AvgIpc) is 3.28. The van der Waals surface area contributed by atoms with E-state index in [0.717, 1.165) is 83.5 Å². The molecule has 0 aromatic carbocycles. The smallest absolute Gasteiger partial charge is 0.306 e. The van der Waals surface area contributed by atoms with Crippen LogP contribution in [0.1, 0.15) is 239 Å². The Kier molecular flexibility index (Phi) is 48.5. The van der Waals surface area contributed by atoms with Gasteiger partial charge in [0.25, 0.3) is 0 Å². The Morgan fingerprint density at radius 1 is 0.333 bits per heavy atom. The fourth-order valence-electron chi connectivity index (χ4n) is 7.10. The van der Waals surface area contributed by atoms with Crippen molar-refractivity contribution in [1.82, 2.24) is 0 Å². The molecule has 1 unspecified atom stereocenters. The standard InChI is InChI=1S/C57H96O6/c1-4-7-10-13-16-19-22-24-26-28-30-32-35-38-41-44-47-50-56(59)62-53-54(52-61-55(58)49-46-43-40-37-34-21-18-15-12-9-6-3)63-57(60)51-48-45-42-39-36-33-31-29-27-25-23-20-17-14-11-8-5-2/h7,10,13,15-16,18-19,22,24,26,28,30,32,35,54H,4-6,8-9,11-12,14,17,20-21,23,25,27,29,31,33-34,36-53H2,1-3H3/b10-7-,16-13-,18-15-,22-19-,26-24-,30-28+,35-32-. The lowest BCUT2D eigenvalue weighted by atomic mass is 10.0. The number of ether oxygens (including phenoxy) is 3. The minimum absolute atomic E-state index is 0.0944. The number of allylic oxidation sites excluding steroid dienone is 14. The Morgan fingerprint density at radius 3 is 1.08 bits per heavy atom. The molecule has 0 saturated carbocycles. The Morgan fingerprint density at radius 2 is 0.651 bits per heavy atom. The van der Waals surface area contributed by atoms with E-state index in [1.807, 2.05) is 60.8 Å². The minimum atomic E-state index is -0.796. The number of rotatable bonds is 46. The normalized spacial score (nSPS) is 12.7. The highest BCUT2D eigenvalue weighted by Gasteiger charge is 2.19. The van der Waals surface area contributed by atoms with Crippen LogP contribution in [0.25, 0.3) is 0 Å². The van der Waals surface area contributed by atoms with Crippen LogP contribution in [0.5, 0.6) is 0 Å². The Bertz CT molecular complexity index is 1240. The molecule has 0 aliphatic rings. The second-order valence-electron chi connectivity index (χ2n) is 17.2. The van der Waals surface area contributed by atoms with Crippen molar-refractivity contribution in [2.45, 2.75) is 245 Å². The zero-order chi connectivity index (χ0) is 45.8. The van der Waals surface area contributed by atoms with Gasteiger partial charge in [0.2, 0.25) is 0 Å². The average molecular weight is 877 g/mol. The molecule has 0 amide bonds. The third kappa shape index (κ3) is 49.5. The van der Waals surface area contributed by atoms with E-state index in [-0.39, 0.29) is 31.1 Å². The molecule has 63 heavy (non-hydrogen) atoms. The molecule has 0 heterocycles. The molecule has 0 saturated heterocycles. The van der Waals surface area contributed by atoms with Crippen molar-refractivity contribution < 1.29 is 28.6 Å². The van der Waals surface area contributed by atoms with E-state index in [4.69, 9.17) is 14.2 Å². The van der Waals surface area contributed by atoms with Gasteiger partial charge in [0, 0.05) is 19.3 Å². The lowest BCUT2D eigenvalue weighted by Crippen LogP contribution is -2.30. The van der Waals surface area contributed by atoms with Gasteiger partial charge >= 0.3 is 17.9 Å². The van der Waals surface area contributed by atoms with E-state index >= 15 is 0 Å². The topological polar surface area (TPSA) is 78.9 Å². The fourth-order valence-corrected chi connectivity index (χ4v) is 7.10. The van der Waals surface area contributed by atoms with Gasteiger partial charge in [-0.3, -0.25) is 14.4 Å². The number of carbonyl (C=O) groups is 3. The second-order valence-corrected chi connectivity index (χ2v) is 17.2. The van der Waals surface area contributed by atoms with Crippen LogP contribution in [0.15, 0.2) is 85.1 Å². The van der Waals surface area contributed by atoms with Crippen molar-refractivity contribution >= 4 is 17.9 Å². The monoisotopic (exact) mass is 877 g/mol. The molecule has 0 bridgehead atoms. The van der Waals surface area contributed by atoms with E-state index < -0.39 is 6.10 Å². The lowest BCUT2D eigenvalue weighted by molar-refractivity contribution is -0.167. The van der Waals surface area contributed by atoms with Crippen molar-refractivity contribution in [2.24, 2.45) is 0 Å². The molecule has 0 aromatic heterocycles. The van der Waals surface area contributed by atoms with Crippen LogP contribution in [0.2, 0.25) is 0 Å². The summed E-state index contributed by atoms with van der Waals surface area (Å²) in [4.78, 5) is 38.0. The molecule has 0 spiro atoms. The summed E-state index contributed by atoms with van der Waals surface area (Å²) >= 11 is 0. The van der Waals surface area contributed by atoms with Gasteiger partial charge < -0.3 is 14.2 Å². The van der Waals surface area contributed by atoms with E-state index in [2.05, 4.69) is 45.1 Å². The molecule has 0 fully saturated rings. The number of unbranched alkanes of at least 4 members (excludes halogenated alkanes) is 26. The van der Waals surface area contributed by atoms with Crippen molar-refractivity contribution in [3.63, 3.8) is 0 Å². The van der Waals surface area contributed by atoms with E-state index in [1.165, 1.54) is 116 Å². The number of hydrogen-bond acceptors (Lipinski definition) is 6. The highest BCUT2D eigenvalue weighted by Crippen LogP contribution is 2.15. The van der Waals surface area contributed by atoms with Gasteiger partial charge in [-0.2, -0.15) is 0 Å². The van der Waals surface area contributed by atoms with E-state index in [1.54, 1.807) is 0 Å². The summed E-state index contributed by atoms with van der Waals surface area (Å²) in [5.41, 5.74) is 0. The second kappa shape index (κ2) is 51.2. The van der Waals surface area contributed by atoms with Crippen molar-refractivity contribution in [1.29, 1.82) is 0 Å². The summed E-state index contributed by atoms with van der Waals surface area (Å²) in [6, 6.07) is 0. The zero-order valence-corrected chi connectivity index (χ0v) is 41.1. The fraction of sp³-hybridized carbons (Fsp3) is 0.702. The highest BCUT2D eigenvalue weighted by atomic mass is 16.6. The van der Waals surface area contributed by atoms with Crippen LogP contribution >= 0.6 is 0 Å². The first-order valence-electron chi connectivity index (χ1n) is 26.2. The molecule has 6 heteroatoms. The van der Waals surface area contributed by atoms with Gasteiger partial charge in [-0.25, -0.2) is 0 Å². The third-order valence-corrected chi connectivity index (χ3v) is 11.0. The summed E-state index contributed by atoms with van der Waals surface area (Å²) in [7, 11) is 0. The molecule has 0 aliphatic heterocycles. The van der Waals surface area contributed by atoms with Crippen LogP contribution in [0.3, 0.4) is 0 Å². The molecule has 6 nitrogen and oxygen atoms in total. The van der Waals surface area contributed by atoms with Crippen molar-refractivity contribution in [2.75, 3.05) is 13.2 Å². The molecule has 0 rings (SSSR count). The molecular weight excluding hydrogens is 781 g/mol. The van der Waals surface area contributed by atoms with Gasteiger partial charge in [-0.05, 0) is 57.8 Å². The first-order chi connectivity index (χ1) is 31.0. The highest BCUT2D eigenvalue weighted by molar-refractivity contribution is 5.71. The van der Waals surface area contributed by atoms with Crippen LogP contribution in [-0.4, -0.2) is 37.2 Å². The molecule has 0 aliphatic carbocycles. The van der Waals surface area contributed by atoms with Crippen LogP contribution in [0.4, 0.5) is 0 Å². The SMILES string of the molecule is CC\C=C/C=C\C=C/C=C\C=C\C=C/CCCCCC(=O)OCC(COC(=O)CCCCCCC/C=C\CCCC)OC(=O)CCCCCCCCCCCCCCCCCCC. The van der Waals surface area contributed by atoms with Gasteiger partial charge in [0.15, 0.2) is 6.10 Å². The van der Waals surface area contributed by atoms with Crippen LogP contribution in [0, 0.1) is 0 Å². The van der Waals surface area contributed by atoms with Gasteiger partial charge in [-0.1, -0.05) is 247 Å². The minimum Gasteiger partial charge on any atom is -0.462 e. The van der Waals surface area contributed by atoms with E-state index in [0.29, 0.717) is 19.3 Å². The molecule has 1 atom stereocenters. The number of hydrogen-bond donors (Lipinski definition) is 0. The number of carbonyl (C=O) groups excluding carboxylic acids is 3.